The Bertz CT molecular complexity index is 1290. The molecule has 0 spiro atoms. The second kappa shape index (κ2) is 8.71. The normalized spacial score (nSPS) is 22.9. The van der Waals surface area contributed by atoms with Crippen LogP contribution in [0, 0.1) is 42.8 Å². The number of nitrogens with zero attached hydrogens (tertiary/aromatic N) is 6. The number of hydrogen-bond acceptors (Lipinski definition) is 5. The second-order valence-corrected chi connectivity index (χ2v) is 9.71. The van der Waals surface area contributed by atoms with Gasteiger partial charge in [0.15, 0.2) is 5.65 Å². The number of likely N-dealkylation sites (tertiary alicyclic amines) is 1. The van der Waals surface area contributed by atoms with Gasteiger partial charge in [-0.2, -0.15) is 10.4 Å². The number of halogens is 1. The number of nitriles is 1. The molecule has 0 aliphatic carbocycles. The van der Waals surface area contributed by atoms with Gasteiger partial charge in [-0.25, -0.2) is 13.9 Å². The molecule has 34 heavy (non-hydrogen) atoms. The predicted molar refractivity (Wildman–Crippen MR) is 127 cm³/mol. The zero-order chi connectivity index (χ0) is 24.0. The first-order valence-corrected chi connectivity index (χ1v) is 11.9. The zero-order valence-corrected chi connectivity index (χ0v) is 19.8. The van der Waals surface area contributed by atoms with Crippen molar-refractivity contribution < 1.29 is 9.18 Å². The van der Waals surface area contributed by atoms with E-state index < -0.39 is 0 Å². The number of anilines is 1. The molecule has 0 radical (unpaired) electrons. The van der Waals surface area contributed by atoms with Gasteiger partial charge >= 0.3 is 0 Å². The summed E-state index contributed by atoms with van der Waals surface area (Å²) in [6, 6.07) is 8.55. The van der Waals surface area contributed by atoms with Crippen molar-refractivity contribution in [2.45, 2.75) is 46.1 Å². The van der Waals surface area contributed by atoms with E-state index in [9.17, 15) is 14.4 Å². The fourth-order valence-corrected chi connectivity index (χ4v) is 5.31. The molecule has 0 saturated carbocycles. The Labute approximate surface area is 198 Å². The third-order valence-electron chi connectivity index (χ3n) is 7.23. The quantitative estimate of drug-likeness (QED) is 0.577. The second-order valence-electron chi connectivity index (χ2n) is 9.71. The van der Waals surface area contributed by atoms with Gasteiger partial charge in [-0.05, 0) is 62.8 Å². The number of benzene rings is 1. The van der Waals surface area contributed by atoms with Gasteiger partial charge < -0.3 is 9.80 Å². The molecular formula is C26H29FN6O. The molecule has 7 nitrogen and oxygen atoms in total. The zero-order valence-electron chi connectivity index (χ0n) is 19.8. The van der Waals surface area contributed by atoms with E-state index in [-0.39, 0.29) is 23.7 Å². The van der Waals surface area contributed by atoms with Crippen LogP contribution in [-0.2, 0) is 0 Å². The fourth-order valence-electron chi connectivity index (χ4n) is 5.31. The summed E-state index contributed by atoms with van der Waals surface area (Å²) in [6.45, 7) is 8.03. The predicted octanol–water partition coefficient (Wildman–Crippen LogP) is 4.45. The molecule has 0 bridgehead atoms. The number of aryl methyl sites for hydroxylation is 2. The number of carbonyl (C=O) groups excluding carboxylic acids is 1. The van der Waals surface area contributed by atoms with Crippen LogP contribution in [0.2, 0.25) is 0 Å². The molecule has 2 aromatic heterocycles. The molecule has 2 saturated heterocycles. The summed E-state index contributed by atoms with van der Waals surface area (Å²) in [4.78, 5) is 22.4. The average molecular weight is 461 g/mol. The van der Waals surface area contributed by atoms with Crippen molar-refractivity contribution in [2.24, 2.45) is 11.8 Å². The highest BCUT2D eigenvalue weighted by atomic mass is 19.1. The Morgan fingerprint density at radius 3 is 2.74 bits per heavy atom. The first-order valence-electron chi connectivity index (χ1n) is 11.9. The van der Waals surface area contributed by atoms with Crippen molar-refractivity contribution in [1.29, 1.82) is 5.26 Å². The number of aromatic nitrogens is 3. The van der Waals surface area contributed by atoms with E-state index in [4.69, 9.17) is 10.1 Å². The van der Waals surface area contributed by atoms with E-state index >= 15 is 0 Å². The van der Waals surface area contributed by atoms with Crippen LogP contribution in [0.15, 0.2) is 30.5 Å². The van der Waals surface area contributed by atoms with Gasteiger partial charge in [0.25, 0.3) is 5.91 Å². The van der Waals surface area contributed by atoms with Crippen LogP contribution in [0.1, 0.15) is 59.4 Å². The summed E-state index contributed by atoms with van der Waals surface area (Å²) in [7, 11) is 0. The third kappa shape index (κ3) is 3.89. The van der Waals surface area contributed by atoms with Gasteiger partial charge in [-0.3, -0.25) is 4.79 Å². The topological polar surface area (TPSA) is 77.5 Å². The van der Waals surface area contributed by atoms with Gasteiger partial charge in [0.05, 0.1) is 23.7 Å². The minimum atomic E-state index is -0.338. The molecule has 3 atom stereocenters. The van der Waals surface area contributed by atoms with E-state index in [1.807, 2.05) is 24.1 Å². The Morgan fingerprint density at radius 1 is 1.18 bits per heavy atom. The first-order chi connectivity index (χ1) is 16.4. The van der Waals surface area contributed by atoms with Crippen molar-refractivity contribution in [3.05, 3.63) is 58.7 Å². The van der Waals surface area contributed by atoms with E-state index in [0.29, 0.717) is 30.1 Å². The third-order valence-corrected chi connectivity index (χ3v) is 7.23. The highest BCUT2D eigenvalue weighted by Crippen LogP contribution is 2.34. The summed E-state index contributed by atoms with van der Waals surface area (Å²) in [5, 5.41) is 14.2. The highest BCUT2D eigenvalue weighted by molar-refractivity contribution is 5.96. The van der Waals surface area contributed by atoms with Gasteiger partial charge in [0.1, 0.15) is 11.6 Å². The minimum Gasteiger partial charge on any atom is -0.355 e. The van der Waals surface area contributed by atoms with Crippen molar-refractivity contribution >= 4 is 17.4 Å². The standard InChI is InChI=1S/C26H29FN6O/c1-16-10-20(27)7-8-21(16)26(34)32-9-5-4-6-23(32)22-11-24-29-25(18(3)14-33(24)30-22)31-13-17(2)19(12-28)15-31/h7-8,10-11,14,17,19,23H,4-6,9,13,15H2,1-3H3/t17-,19+,23-/m0/s1. The van der Waals surface area contributed by atoms with Crippen LogP contribution in [0.3, 0.4) is 0 Å². The molecule has 176 valence electrons. The SMILES string of the molecule is Cc1cc(F)ccc1C(=O)N1CCCC[C@H]1c1cc2nc(N3C[C@@H](C#N)[C@@H](C)C3)c(C)cn2n1. The maximum Gasteiger partial charge on any atom is 0.254 e. The van der Waals surface area contributed by atoms with Gasteiger partial charge in [-0.1, -0.05) is 6.92 Å². The number of carbonyl (C=O) groups is 1. The molecule has 0 unspecified atom stereocenters. The lowest BCUT2D eigenvalue weighted by atomic mass is 9.97. The molecule has 1 amide bonds. The lowest BCUT2D eigenvalue weighted by Crippen LogP contribution is -2.39. The van der Waals surface area contributed by atoms with Gasteiger partial charge in [0, 0.05) is 43.0 Å². The van der Waals surface area contributed by atoms with Crippen LogP contribution in [0.4, 0.5) is 10.2 Å². The molecule has 3 aromatic rings. The summed E-state index contributed by atoms with van der Waals surface area (Å²) >= 11 is 0. The Kier molecular flexibility index (Phi) is 5.72. The molecule has 0 N–H and O–H groups in total. The van der Waals surface area contributed by atoms with E-state index in [0.717, 1.165) is 48.5 Å². The minimum absolute atomic E-state index is 0.00891. The number of rotatable bonds is 3. The smallest absolute Gasteiger partial charge is 0.254 e. The number of hydrogen-bond donors (Lipinski definition) is 0. The van der Waals surface area contributed by atoms with E-state index in [2.05, 4.69) is 17.9 Å². The lowest BCUT2D eigenvalue weighted by molar-refractivity contribution is 0.0605. The lowest BCUT2D eigenvalue weighted by Gasteiger charge is -2.35. The van der Waals surface area contributed by atoms with Crippen molar-refractivity contribution in [2.75, 3.05) is 24.5 Å². The Hall–Kier alpha value is -3.47. The molecule has 8 heteroatoms. The monoisotopic (exact) mass is 460 g/mol. The molecule has 2 aliphatic rings. The van der Waals surface area contributed by atoms with Gasteiger partial charge in [-0.15, -0.1) is 0 Å². The van der Waals surface area contributed by atoms with Crippen molar-refractivity contribution in [1.82, 2.24) is 19.5 Å². The molecule has 2 aliphatic heterocycles. The van der Waals surface area contributed by atoms with E-state index in [1.165, 1.54) is 12.1 Å². The molecule has 5 rings (SSSR count). The fraction of sp³-hybridized carbons (Fsp3) is 0.462. The first kappa shape index (κ1) is 22.3. The Morgan fingerprint density at radius 2 is 2.00 bits per heavy atom. The molecule has 2 fully saturated rings. The summed E-state index contributed by atoms with van der Waals surface area (Å²) in [6.07, 6.45) is 4.76. The largest absolute Gasteiger partial charge is 0.355 e. The average Bonchev–Trinajstić information content (AvgIpc) is 3.40. The van der Waals surface area contributed by atoms with Gasteiger partial charge in [0.2, 0.25) is 0 Å². The van der Waals surface area contributed by atoms with Crippen LogP contribution in [0.5, 0.6) is 0 Å². The number of amides is 1. The van der Waals surface area contributed by atoms with Crippen LogP contribution in [-0.4, -0.2) is 45.0 Å². The van der Waals surface area contributed by atoms with Crippen LogP contribution < -0.4 is 4.90 Å². The molecule has 1 aromatic carbocycles. The molecule has 4 heterocycles. The summed E-state index contributed by atoms with van der Waals surface area (Å²) in [5.74, 6) is 0.782. The number of fused-ring (bicyclic) bond motifs is 1. The molecular weight excluding hydrogens is 431 g/mol. The summed E-state index contributed by atoms with van der Waals surface area (Å²) in [5.41, 5.74) is 3.73. The maximum atomic E-state index is 13.6. The van der Waals surface area contributed by atoms with Crippen LogP contribution in [0.25, 0.3) is 5.65 Å². The van der Waals surface area contributed by atoms with E-state index in [1.54, 1.807) is 17.5 Å². The van der Waals surface area contributed by atoms with Crippen LogP contribution >= 0.6 is 0 Å². The highest BCUT2D eigenvalue weighted by Gasteiger charge is 2.33. The van der Waals surface area contributed by atoms with Crippen molar-refractivity contribution in [3.8, 4) is 6.07 Å². The maximum absolute atomic E-state index is 13.6. The Balaban J connectivity index is 1.46. The summed E-state index contributed by atoms with van der Waals surface area (Å²) < 4.78 is 15.4. The van der Waals surface area contributed by atoms with Crippen molar-refractivity contribution in [3.63, 3.8) is 0 Å². The number of piperidine rings is 1.